The van der Waals surface area contributed by atoms with Crippen molar-refractivity contribution in [1.82, 2.24) is 5.32 Å². The van der Waals surface area contributed by atoms with Crippen molar-refractivity contribution in [3.63, 3.8) is 0 Å². The number of benzene rings is 1. The van der Waals surface area contributed by atoms with Crippen LogP contribution in [0.15, 0.2) is 24.3 Å². The summed E-state index contributed by atoms with van der Waals surface area (Å²) in [5.74, 6) is -0.0302. The van der Waals surface area contributed by atoms with Gasteiger partial charge in [0.05, 0.1) is 0 Å². The van der Waals surface area contributed by atoms with E-state index in [1.54, 1.807) is 0 Å². The number of alkyl carbamates (subject to hydrolysis) is 1. The van der Waals surface area contributed by atoms with E-state index in [4.69, 9.17) is 4.74 Å². The summed E-state index contributed by atoms with van der Waals surface area (Å²) in [5.41, 5.74) is 1.18. The van der Waals surface area contributed by atoms with E-state index in [1.807, 2.05) is 52.0 Å². The van der Waals surface area contributed by atoms with Crippen LogP contribution in [0.1, 0.15) is 58.4 Å². The van der Waals surface area contributed by atoms with Gasteiger partial charge in [0.1, 0.15) is 11.6 Å². The molecule has 1 aromatic rings. The van der Waals surface area contributed by atoms with Gasteiger partial charge >= 0.3 is 6.09 Å². The Morgan fingerprint density at radius 2 is 1.76 bits per heavy atom. The second-order valence-electron chi connectivity index (χ2n) is 7.83. The summed E-state index contributed by atoms with van der Waals surface area (Å²) in [6.45, 7) is 7.40. The summed E-state index contributed by atoms with van der Waals surface area (Å²) in [7, 11) is 0. The third kappa shape index (κ3) is 6.07. The number of amides is 2. The van der Waals surface area contributed by atoms with Gasteiger partial charge in [0.15, 0.2) is 0 Å². The minimum absolute atomic E-state index is 0.144. The summed E-state index contributed by atoms with van der Waals surface area (Å²) < 4.78 is 5.35. The van der Waals surface area contributed by atoms with Gasteiger partial charge in [-0.1, -0.05) is 37.5 Å². The van der Waals surface area contributed by atoms with Crippen LogP contribution in [0.2, 0.25) is 0 Å². The molecule has 1 fully saturated rings. The fourth-order valence-electron chi connectivity index (χ4n) is 3.22. The van der Waals surface area contributed by atoms with Crippen molar-refractivity contribution < 1.29 is 14.3 Å². The number of aryl methyl sites for hydroxylation is 1. The van der Waals surface area contributed by atoms with Gasteiger partial charge in [-0.3, -0.25) is 4.79 Å². The Morgan fingerprint density at radius 3 is 2.36 bits per heavy atom. The monoisotopic (exact) mass is 346 g/mol. The molecule has 1 aliphatic carbocycles. The minimum Gasteiger partial charge on any atom is -0.444 e. The lowest BCUT2D eigenvalue weighted by Gasteiger charge is -2.31. The maximum atomic E-state index is 12.9. The molecular formula is C20H30N2O3. The molecule has 138 valence electrons. The average Bonchev–Trinajstić information content (AvgIpc) is 2.54. The Balaban J connectivity index is 2.11. The number of hydrogen-bond acceptors (Lipinski definition) is 3. The topological polar surface area (TPSA) is 67.4 Å². The van der Waals surface area contributed by atoms with Gasteiger partial charge in [-0.25, -0.2) is 4.79 Å². The fourth-order valence-corrected chi connectivity index (χ4v) is 3.22. The molecule has 0 bridgehead atoms. The first-order chi connectivity index (χ1) is 11.8. The third-order valence-electron chi connectivity index (χ3n) is 4.48. The van der Waals surface area contributed by atoms with Crippen LogP contribution in [0.3, 0.4) is 0 Å². The number of para-hydroxylation sites is 1. The molecule has 0 aromatic heterocycles. The van der Waals surface area contributed by atoms with E-state index in [0.717, 1.165) is 36.9 Å². The van der Waals surface area contributed by atoms with E-state index in [0.29, 0.717) is 0 Å². The van der Waals surface area contributed by atoms with Crippen LogP contribution < -0.4 is 10.6 Å². The van der Waals surface area contributed by atoms with Crippen molar-refractivity contribution in [2.75, 3.05) is 5.32 Å². The lowest BCUT2D eigenvalue weighted by Crippen LogP contribution is -2.50. The Morgan fingerprint density at radius 1 is 1.12 bits per heavy atom. The van der Waals surface area contributed by atoms with Gasteiger partial charge in [0.25, 0.3) is 0 Å². The molecule has 0 spiro atoms. The second-order valence-corrected chi connectivity index (χ2v) is 7.83. The first kappa shape index (κ1) is 19.3. The highest BCUT2D eigenvalue weighted by Gasteiger charge is 2.32. The lowest BCUT2D eigenvalue weighted by molar-refractivity contribution is -0.119. The normalized spacial score (nSPS) is 16.8. The quantitative estimate of drug-likeness (QED) is 0.849. The Labute approximate surface area is 150 Å². The summed E-state index contributed by atoms with van der Waals surface area (Å²) >= 11 is 0. The predicted molar refractivity (Wildman–Crippen MR) is 99.5 cm³/mol. The first-order valence-corrected chi connectivity index (χ1v) is 9.12. The molecule has 2 N–H and O–H groups in total. The summed E-state index contributed by atoms with van der Waals surface area (Å²) in [5, 5.41) is 5.78. The number of carbonyl (C=O) groups is 2. The maximum absolute atomic E-state index is 12.9. The molecule has 0 aliphatic heterocycles. The van der Waals surface area contributed by atoms with Crippen molar-refractivity contribution in [3.8, 4) is 0 Å². The molecule has 2 rings (SSSR count). The molecule has 0 heterocycles. The van der Waals surface area contributed by atoms with Gasteiger partial charge in [0, 0.05) is 5.69 Å². The van der Waals surface area contributed by atoms with Crippen LogP contribution in [0.4, 0.5) is 10.5 Å². The van der Waals surface area contributed by atoms with Crippen LogP contribution in [-0.2, 0) is 9.53 Å². The number of anilines is 1. The average molecular weight is 346 g/mol. The first-order valence-electron chi connectivity index (χ1n) is 9.12. The van der Waals surface area contributed by atoms with Crippen LogP contribution in [-0.4, -0.2) is 23.6 Å². The van der Waals surface area contributed by atoms with Gasteiger partial charge in [-0.15, -0.1) is 0 Å². The zero-order chi connectivity index (χ0) is 18.4. The zero-order valence-corrected chi connectivity index (χ0v) is 15.7. The second kappa shape index (κ2) is 8.37. The van der Waals surface area contributed by atoms with Gasteiger partial charge in [-0.05, 0) is 58.1 Å². The van der Waals surface area contributed by atoms with Gasteiger partial charge in [-0.2, -0.15) is 0 Å². The zero-order valence-electron chi connectivity index (χ0n) is 15.7. The number of rotatable bonds is 4. The van der Waals surface area contributed by atoms with Crippen molar-refractivity contribution >= 4 is 17.7 Å². The predicted octanol–water partition coefficient (Wildman–Crippen LogP) is 4.41. The molecule has 1 saturated carbocycles. The van der Waals surface area contributed by atoms with Crippen LogP contribution in [0.25, 0.3) is 0 Å². The summed E-state index contributed by atoms with van der Waals surface area (Å²) in [6, 6.07) is 7.07. The third-order valence-corrected chi connectivity index (χ3v) is 4.48. The molecule has 0 unspecified atom stereocenters. The van der Waals surface area contributed by atoms with E-state index < -0.39 is 17.7 Å². The van der Waals surface area contributed by atoms with Crippen LogP contribution >= 0.6 is 0 Å². The lowest BCUT2D eigenvalue weighted by atomic mass is 9.83. The standard InChI is InChI=1S/C20H30N2O3/c1-14-10-8-9-13-16(14)21-18(23)17(15-11-6-5-7-12-15)22-19(24)25-20(2,3)4/h8-10,13,15,17H,5-7,11-12H2,1-4H3,(H,21,23)(H,22,24)/t17-/m1/s1. The number of carbonyl (C=O) groups excluding carboxylic acids is 2. The smallest absolute Gasteiger partial charge is 0.408 e. The molecule has 1 aliphatic rings. The SMILES string of the molecule is Cc1ccccc1NC(=O)[C@H](NC(=O)OC(C)(C)C)C1CCCCC1. The highest BCUT2D eigenvalue weighted by Crippen LogP contribution is 2.27. The van der Waals surface area contributed by atoms with E-state index in [-0.39, 0.29) is 11.8 Å². The molecule has 1 atom stereocenters. The van der Waals surface area contributed by atoms with Crippen molar-refractivity contribution in [2.45, 2.75) is 71.4 Å². The van der Waals surface area contributed by atoms with Gasteiger partial charge < -0.3 is 15.4 Å². The van der Waals surface area contributed by atoms with Crippen molar-refractivity contribution in [3.05, 3.63) is 29.8 Å². The Bertz CT molecular complexity index is 601. The highest BCUT2D eigenvalue weighted by molar-refractivity contribution is 5.97. The molecule has 5 heteroatoms. The van der Waals surface area contributed by atoms with E-state index >= 15 is 0 Å². The number of hydrogen-bond donors (Lipinski definition) is 2. The largest absolute Gasteiger partial charge is 0.444 e. The molecule has 0 saturated heterocycles. The van der Waals surface area contributed by atoms with Crippen LogP contribution in [0.5, 0.6) is 0 Å². The summed E-state index contributed by atoms with van der Waals surface area (Å²) in [6.07, 6.45) is 4.73. The highest BCUT2D eigenvalue weighted by atomic mass is 16.6. The maximum Gasteiger partial charge on any atom is 0.408 e. The number of ether oxygens (including phenoxy) is 1. The van der Waals surface area contributed by atoms with Crippen molar-refractivity contribution in [1.29, 1.82) is 0 Å². The van der Waals surface area contributed by atoms with E-state index in [1.165, 1.54) is 6.42 Å². The summed E-state index contributed by atoms with van der Waals surface area (Å²) in [4.78, 5) is 25.1. The molecule has 0 radical (unpaired) electrons. The number of nitrogens with one attached hydrogen (secondary N) is 2. The molecular weight excluding hydrogens is 316 g/mol. The molecule has 25 heavy (non-hydrogen) atoms. The van der Waals surface area contributed by atoms with E-state index in [2.05, 4.69) is 10.6 Å². The fraction of sp³-hybridized carbons (Fsp3) is 0.600. The minimum atomic E-state index is -0.590. The Kier molecular flexibility index (Phi) is 6.45. The molecule has 1 aromatic carbocycles. The Hall–Kier alpha value is -2.04. The molecule has 2 amide bonds. The van der Waals surface area contributed by atoms with Crippen molar-refractivity contribution in [2.24, 2.45) is 5.92 Å². The van der Waals surface area contributed by atoms with E-state index in [9.17, 15) is 9.59 Å². The molecule has 5 nitrogen and oxygen atoms in total. The van der Waals surface area contributed by atoms with Gasteiger partial charge in [0.2, 0.25) is 5.91 Å². The van der Waals surface area contributed by atoms with Crippen LogP contribution in [0, 0.1) is 12.8 Å².